The summed E-state index contributed by atoms with van der Waals surface area (Å²) in [7, 11) is 2.03. The molecule has 0 aliphatic carbocycles. The van der Waals surface area contributed by atoms with Gasteiger partial charge in [0.15, 0.2) is 0 Å². The van der Waals surface area contributed by atoms with Crippen molar-refractivity contribution in [3.05, 3.63) is 18.2 Å². The van der Waals surface area contributed by atoms with Gasteiger partial charge in [-0.05, 0) is 39.3 Å². The monoisotopic (exact) mass is 265 g/mol. The van der Waals surface area contributed by atoms with E-state index >= 15 is 0 Å². The number of hydrogen-bond donors (Lipinski definition) is 2. The fourth-order valence-electron chi connectivity index (χ4n) is 3.20. The molecule has 0 aromatic carbocycles. The lowest BCUT2D eigenvalue weighted by molar-refractivity contribution is 0.0389. The van der Waals surface area contributed by atoms with Crippen LogP contribution in [0.5, 0.6) is 0 Å². The maximum Gasteiger partial charge on any atom is 0.128 e. The maximum absolute atomic E-state index is 5.87. The van der Waals surface area contributed by atoms with Crippen molar-refractivity contribution in [2.45, 2.75) is 51.1 Å². The molecule has 1 aliphatic heterocycles. The van der Waals surface area contributed by atoms with Crippen LogP contribution in [-0.2, 0) is 7.05 Å². The molecule has 1 fully saturated rings. The van der Waals surface area contributed by atoms with Gasteiger partial charge in [0.2, 0.25) is 0 Å². The van der Waals surface area contributed by atoms with E-state index in [1.807, 2.05) is 19.4 Å². The van der Waals surface area contributed by atoms with E-state index < -0.39 is 0 Å². The standard InChI is InChI=1S/C14H27N5/c1-4-14(2,19-9-6-5-7-10-19)12(17-15)13-16-8-11-18(13)3/h8,11-12,17H,4-7,9-10,15H2,1-3H3. The molecule has 2 unspecified atom stereocenters. The van der Waals surface area contributed by atoms with E-state index in [2.05, 4.69) is 33.7 Å². The van der Waals surface area contributed by atoms with E-state index in [4.69, 9.17) is 5.84 Å². The van der Waals surface area contributed by atoms with Gasteiger partial charge < -0.3 is 4.57 Å². The lowest BCUT2D eigenvalue weighted by atomic mass is 9.85. The Morgan fingerprint density at radius 1 is 1.42 bits per heavy atom. The Balaban J connectivity index is 2.29. The van der Waals surface area contributed by atoms with Gasteiger partial charge in [0.25, 0.3) is 0 Å². The van der Waals surface area contributed by atoms with Crippen LogP contribution in [0.4, 0.5) is 0 Å². The van der Waals surface area contributed by atoms with Crippen LogP contribution in [0.25, 0.3) is 0 Å². The Bertz CT molecular complexity index is 396. The van der Waals surface area contributed by atoms with E-state index in [0.717, 1.165) is 25.3 Å². The molecule has 0 saturated carbocycles. The quantitative estimate of drug-likeness (QED) is 0.627. The van der Waals surface area contributed by atoms with Gasteiger partial charge in [-0.15, -0.1) is 0 Å². The molecule has 0 spiro atoms. The molecule has 5 heteroatoms. The average molecular weight is 265 g/mol. The van der Waals surface area contributed by atoms with Crippen LogP contribution in [-0.4, -0.2) is 33.1 Å². The predicted molar refractivity (Wildman–Crippen MR) is 77.4 cm³/mol. The Morgan fingerprint density at radius 3 is 2.58 bits per heavy atom. The summed E-state index contributed by atoms with van der Waals surface area (Å²) in [5.74, 6) is 6.88. The van der Waals surface area contributed by atoms with Crippen LogP contribution in [0.1, 0.15) is 51.4 Å². The Morgan fingerprint density at radius 2 is 2.11 bits per heavy atom. The van der Waals surface area contributed by atoms with Crippen molar-refractivity contribution in [1.82, 2.24) is 19.9 Å². The highest BCUT2D eigenvalue weighted by Crippen LogP contribution is 2.34. The summed E-state index contributed by atoms with van der Waals surface area (Å²) < 4.78 is 2.06. The van der Waals surface area contributed by atoms with E-state index in [-0.39, 0.29) is 11.6 Å². The zero-order valence-electron chi connectivity index (χ0n) is 12.4. The van der Waals surface area contributed by atoms with Gasteiger partial charge in [0.05, 0.1) is 6.04 Å². The van der Waals surface area contributed by atoms with Crippen LogP contribution in [0, 0.1) is 0 Å². The molecule has 0 bridgehead atoms. The SMILES string of the molecule is CCC(C)(C(NN)c1nccn1C)N1CCCCC1. The zero-order valence-corrected chi connectivity index (χ0v) is 12.4. The number of piperidine rings is 1. The van der Waals surface area contributed by atoms with Gasteiger partial charge in [0, 0.05) is 25.0 Å². The van der Waals surface area contributed by atoms with Crippen molar-refractivity contribution in [2.24, 2.45) is 12.9 Å². The van der Waals surface area contributed by atoms with Crippen LogP contribution in [0.2, 0.25) is 0 Å². The molecule has 1 aromatic rings. The summed E-state index contributed by atoms with van der Waals surface area (Å²) in [6.45, 7) is 6.86. The van der Waals surface area contributed by atoms with Gasteiger partial charge in [-0.3, -0.25) is 10.7 Å². The van der Waals surface area contributed by atoms with Gasteiger partial charge in [-0.2, -0.15) is 0 Å². The van der Waals surface area contributed by atoms with Gasteiger partial charge >= 0.3 is 0 Å². The fraction of sp³-hybridized carbons (Fsp3) is 0.786. The van der Waals surface area contributed by atoms with Crippen molar-refractivity contribution in [3.63, 3.8) is 0 Å². The van der Waals surface area contributed by atoms with Crippen LogP contribution >= 0.6 is 0 Å². The molecule has 1 aromatic heterocycles. The number of aromatic nitrogens is 2. The summed E-state index contributed by atoms with van der Waals surface area (Å²) in [5, 5.41) is 0. The number of nitrogens with two attached hydrogens (primary N) is 1. The smallest absolute Gasteiger partial charge is 0.128 e. The minimum Gasteiger partial charge on any atom is -0.337 e. The zero-order chi connectivity index (χ0) is 13.9. The molecule has 2 rings (SSSR count). The fourth-order valence-corrected chi connectivity index (χ4v) is 3.20. The minimum absolute atomic E-state index is 0.00822. The molecule has 0 amide bonds. The summed E-state index contributed by atoms with van der Waals surface area (Å²) >= 11 is 0. The third-order valence-corrected chi connectivity index (χ3v) is 4.70. The van der Waals surface area contributed by atoms with E-state index in [1.54, 1.807) is 0 Å². The first-order chi connectivity index (χ1) is 9.13. The summed E-state index contributed by atoms with van der Waals surface area (Å²) in [6.07, 6.45) is 8.78. The summed E-state index contributed by atoms with van der Waals surface area (Å²) in [6, 6.07) is 0.0515. The summed E-state index contributed by atoms with van der Waals surface area (Å²) in [4.78, 5) is 7.07. The lowest BCUT2D eigenvalue weighted by Gasteiger charge is -2.47. The van der Waals surface area contributed by atoms with Gasteiger partial charge in [-0.1, -0.05) is 13.3 Å². The minimum atomic E-state index is 0.00822. The molecule has 2 atom stereocenters. The van der Waals surface area contributed by atoms with Crippen LogP contribution in [0.15, 0.2) is 12.4 Å². The molecule has 2 heterocycles. The number of nitrogens with one attached hydrogen (secondary N) is 1. The third-order valence-electron chi connectivity index (χ3n) is 4.70. The van der Waals surface area contributed by atoms with Crippen molar-refractivity contribution >= 4 is 0 Å². The second-order valence-electron chi connectivity index (χ2n) is 5.75. The van der Waals surface area contributed by atoms with Crippen molar-refractivity contribution in [3.8, 4) is 0 Å². The Labute approximate surface area is 116 Å². The Kier molecular flexibility index (Phi) is 4.60. The van der Waals surface area contributed by atoms with E-state index in [1.165, 1.54) is 19.3 Å². The Hall–Kier alpha value is -0.910. The molecular formula is C14H27N5. The highest BCUT2D eigenvalue weighted by molar-refractivity contribution is 5.09. The average Bonchev–Trinajstić information content (AvgIpc) is 2.86. The van der Waals surface area contributed by atoms with E-state index in [0.29, 0.717) is 0 Å². The molecule has 5 nitrogen and oxygen atoms in total. The first kappa shape index (κ1) is 14.5. The number of nitrogens with zero attached hydrogens (tertiary/aromatic N) is 3. The first-order valence-corrected chi connectivity index (χ1v) is 7.32. The highest BCUT2D eigenvalue weighted by atomic mass is 15.3. The number of likely N-dealkylation sites (tertiary alicyclic amines) is 1. The second-order valence-corrected chi connectivity index (χ2v) is 5.75. The topological polar surface area (TPSA) is 59.1 Å². The van der Waals surface area contributed by atoms with Crippen LogP contribution < -0.4 is 11.3 Å². The number of hydrogen-bond acceptors (Lipinski definition) is 4. The van der Waals surface area contributed by atoms with Crippen molar-refractivity contribution in [2.75, 3.05) is 13.1 Å². The number of hydrazine groups is 1. The van der Waals surface area contributed by atoms with Crippen molar-refractivity contribution < 1.29 is 0 Å². The van der Waals surface area contributed by atoms with E-state index in [9.17, 15) is 0 Å². The normalized spacial score (nSPS) is 22.1. The largest absolute Gasteiger partial charge is 0.337 e. The molecule has 108 valence electrons. The van der Waals surface area contributed by atoms with Gasteiger partial charge in [0.1, 0.15) is 5.82 Å². The van der Waals surface area contributed by atoms with Crippen LogP contribution in [0.3, 0.4) is 0 Å². The maximum atomic E-state index is 5.87. The van der Waals surface area contributed by atoms with Gasteiger partial charge in [-0.25, -0.2) is 10.4 Å². The molecule has 19 heavy (non-hydrogen) atoms. The highest BCUT2D eigenvalue weighted by Gasteiger charge is 2.40. The number of imidazole rings is 1. The third kappa shape index (κ3) is 2.68. The number of rotatable bonds is 5. The molecule has 1 saturated heterocycles. The molecule has 1 aliphatic rings. The summed E-state index contributed by atoms with van der Waals surface area (Å²) in [5.41, 5.74) is 3.02. The second kappa shape index (κ2) is 6.03. The first-order valence-electron chi connectivity index (χ1n) is 7.32. The molecule has 0 radical (unpaired) electrons. The lowest BCUT2D eigenvalue weighted by Crippen LogP contribution is -2.57. The van der Waals surface area contributed by atoms with Crippen molar-refractivity contribution in [1.29, 1.82) is 0 Å². The predicted octanol–water partition coefficient (Wildman–Crippen LogP) is 1.58. The molecule has 3 N–H and O–H groups in total. The molecular weight excluding hydrogens is 238 g/mol. The number of aryl methyl sites for hydroxylation is 1.